The van der Waals surface area contributed by atoms with Gasteiger partial charge in [-0.2, -0.15) is 0 Å². The Kier molecular flexibility index (Phi) is 11.2. The Bertz CT molecular complexity index is 940. The van der Waals surface area contributed by atoms with Gasteiger partial charge in [0.1, 0.15) is 17.1 Å². The van der Waals surface area contributed by atoms with E-state index in [-0.39, 0.29) is 24.2 Å². The predicted molar refractivity (Wildman–Crippen MR) is 148 cm³/mol. The third-order valence-electron chi connectivity index (χ3n) is 6.28. The lowest BCUT2D eigenvalue weighted by Crippen LogP contribution is -2.49. The number of amides is 1. The highest BCUT2D eigenvalue weighted by Gasteiger charge is 2.40. The fourth-order valence-corrected chi connectivity index (χ4v) is 4.66. The standard InChI is InChI=1S/C30H46N2O4/c1-10-27(24(8)20-31-11-2)36-30(19-25(9)34-21(3)4)14-16-32(17-15-30)29(33)26-12-13-28(23(7)18-26)35-22(5)6/h10,12-13,18,20-22,25H,1,11,14-17,19H2,2-9H3/b27-24+,31-20?. The average Bonchev–Trinajstić information content (AvgIpc) is 2.81. The Morgan fingerprint density at radius 3 is 2.36 bits per heavy atom. The van der Waals surface area contributed by atoms with Crippen molar-refractivity contribution in [2.75, 3.05) is 19.6 Å². The second kappa shape index (κ2) is 13.6. The number of nitrogens with zero attached hydrogens (tertiary/aromatic N) is 2. The first kappa shape index (κ1) is 29.6. The molecular formula is C30H46N2O4. The number of hydrogen-bond acceptors (Lipinski definition) is 5. The Labute approximate surface area is 218 Å². The van der Waals surface area contributed by atoms with Crippen LogP contribution in [0.5, 0.6) is 5.75 Å². The molecule has 1 unspecified atom stereocenters. The molecule has 1 aliphatic rings. The van der Waals surface area contributed by atoms with Gasteiger partial charge in [0, 0.05) is 56.2 Å². The zero-order valence-corrected chi connectivity index (χ0v) is 23.6. The minimum absolute atomic E-state index is 0.0269. The van der Waals surface area contributed by atoms with Crippen molar-refractivity contribution in [2.24, 2.45) is 4.99 Å². The van der Waals surface area contributed by atoms with Crippen molar-refractivity contribution < 1.29 is 19.0 Å². The van der Waals surface area contributed by atoms with Gasteiger partial charge in [0.2, 0.25) is 0 Å². The van der Waals surface area contributed by atoms with Gasteiger partial charge in [-0.25, -0.2) is 0 Å². The van der Waals surface area contributed by atoms with Gasteiger partial charge in [-0.3, -0.25) is 9.79 Å². The summed E-state index contributed by atoms with van der Waals surface area (Å²) in [5, 5.41) is 0. The van der Waals surface area contributed by atoms with Crippen LogP contribution in [-0.2, 0) is 9.47 Å². The van der Waals surface area contributed by atoms with Crippen molar-refractivity contribution in [1.29, 1.82) is 0 Å². The molecule has 6 nitrogen and oxygen atoms in total. The molecule has 1 amide bonds. The van der Waals surface area contributed by atoms with E-state index < -0.39 is 5.60 Å². The molecule has 1 aromatic rings. The normalized spacial score (nSPS) is 17.3. The van der Waals surface area contributed by atoms with E-state index in [1.54, 1.807) is 6.08 Å². The monoisotopic (exact) mass is 498 g/mol. The van der Waals surface area contributed by atoms with Crippen LogP contribution < -0.4 is 4.74 Å². The smallest absolute Gasteiger partial charge is 0.253 e. The van der Waals surface area contributed by atoms with E-state index in [1.807, 2.05) is 77.8 Å². The number of benzene rings is 1. The average molecular weight is 499 g/mol. The lowest BCUT2D eigenvalue weighted by Gasteiger charge is -2.43. The molecule has 36 heavy (non-hydrogen) atoms. The number of aryl methyl sites for hydroxylation is 1. The van der Waals surface area contributed by atoms with Crippen LogP contribution in [0.15, 0.2) is 47.2 Å². The summed E-state index contributed by atoms with van der Waals surface area (Å²) in [5.74, 6) is 1.59. The second-order valence-electron chi connectivity index (χ2n) is 10.3. The number of piperidine rings is 1. The van der Waals surface area contributed by atoms with Crippen molar-refractivity contribution >= 4 is 12.1 Å². The highest BCUT2D eigenvalue weighted by molar-refractivity contribution is 5.94. The van der Waals surface area contributed by atoms with E-state index in [2.05, 4.69) is 18.5 Å². The Morgan fingerprint density at radius 1 is 1.17 bits per heavy atom. The summed E-state index contributed by atoms with van der Waals surface area (Å²) in [6, 6.07) is 5.68. The molecule has 0 spiro atoms. The van der Waals surface area contributed by atoms with E-state index >= 15 is 0 Å². The van der Waals surface area contributed by atoms with Gasteiger partial charge in [-0.1, -0.05) is 6.58 Å². The van der Waals surface area contributed by atoms with Crippen LogP contribution in [0.3, 0.4) is 0 Å². The number of hydrogen-bond donors (Lipinski definition) is 0. The summed E-state index contributed by atoms with van der Waals surface area (Å²) >= 11 is 0. The molecule has 0 radical (unpaired) electrons. The molecule has 1 aromatic carbocycles. The molecule has 6 heteroatoms. The van der Waals surface area contributed by atoms with Crippen LogP contribution in [0.1, 0.15) is 83.7 Å². The van der Waals surface area contributed by atoms with Crippen molar-refractivity contribution in [1.82, 2.24) is 4.90 Å². The maximum Gasteiger partial charge on any atom is 0.253 e. The summed E-state index contributed by atoms with van der Waals surface area (Å²) in [4.78, 5) is 19.6. The highest BCUT2D eigenvalue weighted by Crippen LogP contribution is 2.36. The largest absolute Gasteiger partial charge is 0.491 e. The van der Waals surface area contributed by atoms with Gasteiger partial charge in [-0.15, -0.1) is 0 Å². The minimum Gasteiger partial charge on any atom is -0.491 e. The van der Waals surface area contributed by atoms with Gasteiger partial charge >= 0.3 is 0 Å². The lowest BCUT2D eigenvalue weighted by molar-refractivity contribution is -0.0876. The Hall–Kier alpha value is -2.60. The molecule has 200 valence electrons. The molecule has 0 aromatic heterocycles. The summed E-state index contributed by atoms with van der Waals surface area (Å²) < 4.78 is 18.6. The van der Waals surface area contributed by atoms with Crippen molar-refractivity contribution in [3.05, 3.63) is 53.3 Å². The molecular weight excluding hydrogens is 452 g/mol. The van der Waals surface area contributed by atoms with Crippen LogP contribution in [-0.4, -0.2) is 60.6 Å². The van der Waals surface area contributed by atoms with Gasteiger partial charge in [0.15, 0.2) is 0 Å². The number of ether oxygens (including phenoxy) is 3. The molecule has 1 fully saturated rings. The lowest BCUT2D eigenvalue weighted by atomic mass is 9.85. The summed E-state index contributed by atoms with van der Waals surface area (Å²) in [6.45, 7) is 22.1. The fourth-order valence-electron chi connectivity index (χ4n) is 4.66. The van der Waals surface area contributed by atoms with Crippen LogP contribution in [0.4, 0.5) is 0 Å². The molecule has 2 rings (SSSR count). The van der Waals surface area contributed by atoms with E-state index in [0.29, 0.717) is 38.0 Å². The first-order valence-electron chi connectivity index (χ1n) is 13.2. The van der Waals surface area contributed by atoms with E-state index in [0.717, 1.165) is 29.1 Å². The van der Waals surface area contributed by atoms with Crippen LogP contribution in [0.2, 0.25) is 0 Å². The van der Waals surface area contributed by atoms with Gasteiger partial charge < -0.3 is 19.1 Å². The van der Waals surface area contributed by atoms with Crippen molar-refractivity contribution in [3.8, 4) is 5.75 Å². The zero-order chi connectivity index (χ0) is 26.9. The van der Waals surface area contributed by atoms with Gasteiger partial charge in [0.05, 0.1) is 18.3 Å². The van der Waals surface area contributed by atoms with Crippen molar-refractivity contribution in [2.45, 2.75) is 98.6 Å². The van der Waals surface area contributed by atoms with Crippen LogP contribution >= 0.6 is 0 Å². The molecule has 0 bridgehead atoms. The maximum atomic E-state index is 13.3. The highest BCUT2D eigenvalue weighted by atomic mass is 16.5. The number of likely N-dealkylation sites (tertiary alicyclic amines) is 1. The van der Waals surface area contributed by atoms with Crippen molar-refractivity contribution in [3.63, 3.8) is 0 Å². The van der Waals surface area contributed by atoms with Crippen LogP contribution in [0, 0.1) is 6.92 Å². The third kappa shape index (κ3) is 8.51. The number of carbonyl (C=O) groups excluding carboxylic acids is 1. The molecule has 1 aliphatic heterocycles. The Balaban J connectivity index is 2.22. The minimum atomic E-state index is -0.444. The number of aliphatic imine (C=N–C) groups is 1. The molecule has 1 saturated heterocycles. The van der Waals surface area contributed by atoms with Gasteiger partial charge in [-0.05, 0) is 85.2 Å². The molecule has 0 saturated carbocycles. The van der Waals surface area contributed by atoms with E-state index in [4.69, 9.17) is 14.2 Å². The topological polar surface area (TPSA) is 60.4 Å². The molecule has 1 heterocycles. The molecule has 0 aliphatic carbocycles. The maximum absolute atomic E-state index is 13.3. The molecule has 1 atom stereocenters. The van der Waals surface area contributed by atoms with Crippen LogP contribution in [0.25, 0.3) is 0 Å². The SMILES string of the molecule is C=C/C(OC1(CC(C)OC(C)C)CCN(C(=O)c2ccc(OC(C)C)c(C)c2)CC1)=C(/C)C=NCC. The van der Waals surface area contributed by atoms with Gasteiger partial charge in [0.25, 0.3) is 5.91 Å². The third-order valence-corrected chi connectivity index (χ3v) is 6.28. The second-order valence-corrected chi connectivity index (χ2v) is 10.3. The first-order valence-corrected chi connectivity index (χ1v) is 13.2. The molecule has 0 N–H and O–H groups in total. The number of carbonyl (C=O) groups is 1. The Morgan fingerprint density at radius 2 is 1.83 bits per heavy atom. The number of rotatable bonds is 12. The first-order chi connectivity index (χ1) is 17.0. The van der Waals surface area contributed by atoms with E-state index in [1.165, 1.54) is 0 Å². The summed E-state index contributed by atoms with van der Waals surface area (Å²) in [6.07, 6.45) is 6.02. The summed E-state index contributed by atoms with van der Waals surface area (Å²) in [5.41, 5.74) is 2.16. The fraction of sp³-hybridized carbons (Fsp3) is 0.600. The van der Waals surface area contributed by atoms with E-state index in [9.17, 15) is 4.79 Å². The predicted octanol–water partition coefficient (Wildman–Crippen LogP) is 6.53. The zero-order valence-electron chi connectivity index (χ0n) is 23.6. The quantitative estimate of drug-likeness (QED) is 0.187. The number of allylic oxidation sites excluding steroid dienone is 2. The summed E-state index contributed by atoms with van der Waals surface area (Å²) in [7, 11) is 0.